The molecule has 0 aliphatic rings. The van der Waals surface area contributed by atoms with E-state index in [0.29, 0.717) is 0 Å². The first-order chi connectivity index (χ1) is 9.71. The van der Waals surface area contributed by atoms with Crippen molar-refractivity contribution in [2.75, 3.05) is 6.54 Å². The second-order valence-corrected chi connectivity index (χ2v) is 7.79. The molecular formula is C20H29N. The molecule has 0 bridgehead atoms. The lowest BCUT2D eigenvalue weighted by Crippen LogP contribution is -2.38. The van der Waals surface area contributed by atoms with E-state index in [1.165, 1.54) is 21.9 Å². The molecule has 1 nitrogen and oxygen atoms in total. The van der Waals surface area contributed by atoms with Crippen molar-refractivity contribution in [2.24, 2.45) is 0 Å². The molecule has 2 aromatic rings. The van der Waals surface area contributed by atoms with Crippen molar-refractivity contribution >= 4 is 10.8 Å². The van der Waals surface area contributed by atoms with Gasteiger partial charge in [-0.1, -0.05) is 50.2 Å². The summed E-state index contributed by atoms with van der Waals surface area (Å²) in [6.45, 7) is 14.6. The number of rotatable bonds is 4. The summed E-state index contributed by atoms with van der Waals surface area (Å²) in [6, 6.07) is 13.3. The van der Waals surface area contributed by atoms with Crippen molar-refractivity contribution in [1.29, 1.82) is 0 Å². The van der Waals surface area contributed by atoms with Crippen LogP contribution in [-0.2, 0) is 5.41 Å². The SMILES string of the molecule is Cc1ccc(C(C)(C)CCNC(C)(C)C)c2ccccc12. The van der Waals surface area contributed by atoms with Crippen LogP contribution in [0.4, 0.5) is 0 Å². The Bertz CT molecular complexity index is 617. The Hall–Kier alpha value is -1.34. The van der Waals surface area contributed by atoms with Gasteiger partial charge in [0.1, 0.15) is 0 Å². The summed E-state index contributed by atoms with van der Waals surface area (Å²) in [5.41, 5.74) is 3.18. The van der Waals surface area contributed by atoms with E-state index in [-0.39, 0.29) is 11.0 Å². The molecule has 114 valence electrons. The third-order valence-electron chi connectivity index (χ3n) is 4.28. The lowest BCUT2D eigenvalue weighted by atomic mass is 9.78. The third-order valence-corrected chi connectivity index (χ3v) is 4.28. The zero-order chi connectivity index (χ0) is 15.7. The van der Waals surface area contributed by atoms with Crippen LogP contribution < -0.4 is 5.32 Å². The molecule has 0 radical (unpaired) electrons. The number of nitrogens with one attached hydrogen (secondary N) is 1. The van der Waals surface area contributed by atoms with Crippen molar-refractivity contribution in [3.63, 3.8) is 0 Å². The molecule has 1 heteroatoms. The maximum absolute atomic E-state index is 3.61. The highest BCUT2D eigenvalue weighted by Crippen LogP contribution is 2.34. The van der Waals surface area contributed by atoms with Gasteiger partial charge in [-0.25, -0.2) is 0 Å². The van der Waals surface area contributed by atoms with Gasteiger partial charge in [-0.05, 0) is 68.0 Å². The monoisotopic (exact) mass is 283 g/mol. The van der Waals surface area contributed by atoms with Gasteiger partial charge in [-0.15, -0.1) is 0 Å². The molecule has 0 saturated carbocycles. The van der Waals surface area contributed by atoms with Gasteiger partial charge in [-0.2, -0.15) is 0 Å². The van der Waals surface area contributed by atoms with Crippen LogP contribution in [0, 0.1) is 6.92 Å². The molecule has 0 aliphatic heterocycles. The Labute approximate surface area is 129 Å². The summed E-state index contributed by atoms with van der Waals surface area (Å²) in [6.07, 6.45) is 1.14. The van der Waals surface area contributed by atoms with Gasteiger partial charge in [-0.3, -0.25) is 0 Å². The van der Waals surface area contributed by atoms with E-state index in [2.05, 4.69) is 83.3 Å². The minimum absolute atomic E-state index is 0.172. The van der Waals surface area contributed by atoms with Crippen molar-refractivity contribution < 1.29 is 0 Å². The molecule has 2 aromatic carbocycles. The van der Waals surface area contributed by atoms with E-state index < -0.39 is 0 Å². The van der Waals surface area contributed by atoms with Gasteiger partial charge in [0.05, 0.1) is 0 Å². The zero-order valence-corrected chi connectivity index (χ0v) is 14.4. The molecule has 0 aliphatic carbocycles. The fourth-order valence-corrected chi connectivity index (χ4v) is 2.92. The lowest BCUT2D eigenvalue weighted by Gasteiger charge is -2.30. The van der Waals surface area contributed by atoms with Crippen LogP contribution in [0.1, 0.15) is 52.2 Å². The first kappa shape index (κ1) is 16.0. The minimum atomic E-state index is 0.172. The molecule has 0 amide bonds. The molecule has 1 N–H and O–H groups in total. The first-order valence-corrected chi connectivity index (χ1v) is 7.95. The van der Waals surface area contributed by atoms with E-state index in [1.54, 1.807) is 0 Å². The summed E-state index contributed by atoms with van der Waals surface area (Å²) in [5, 5.41) is 6.39. The van der Waals surface area contributed by atoms with Crippen LogP contribution in [0.3, 0.4) is 0 Å². The molecular weight excluding hydrogens is 254 g/mol. The molecule has 0 atom stereocenters. The smallest absolute Gasteiger partial charge is 0.00965 e. The van der Waals surface area contributed by atoms with Crippen LogP contribution >= 0.6 is 0 Å². The van der Waals surface area contributed by atoms with Gasteiger partial charge in [0.2, 0.25) is 0 Å². The lowest BCUT2D eigenvalue weighted by molar-refractivity contribution is 0.380. The van der Waals surface area contributed by atoms with Crippen molar-refractivity contribution in [3.05, 3.63) is 47.5 Å². The Kier molecular flexibility index (Phi) is 4.43. The summed E-state index contributed by atoms with van der Waals surface area (Å²) in [7, 11) is 0. The van der Waals surface area contributed by atoms with Gasteiger partial charge < -0.3 is 5.32 Å². The van der Waals surface area contributed by atoms with E-state index in [9.17, 15) is 0 Å². The maximum Gasteiger partial charge on any atom is 0.00965 e. The van der Waals surface area contributed by atoms with Gasteiger partial charge in [0.25, 0.3) is 0 Å². The molecule has 0 fully saturated rings. The van der Waals surface area contributed by atoms with Crippen LogP contribution in [0.5, 0.6) is 0 Å². The number of hydrogen-bond acceptors (Lipinski definition) is 1. The average Bonchev–Trinajstić information content (AvgIpc) is 2.37. The van der Waals surface area contributed by atoms with E-state index in [1.807, 2.05) is 0 Å². The molecule has 0 unspecified atom stereocenters. The summed E-state index contributed by atoms with van der Waals surface area (Å²) in [5.74, 6) is 0. The molecule has 0 spiro atoms. The number of hydrogen-bond donors (Lipinski definition) is 1. The highest BCUT2D eigenvalue weighted by molar-refractivity contribution is 5.89. The topological polar surface area (TPSA) is 12.0 Å². The van der Waals surface area contributed by atoms with E-state index >= 15 is 0 Å². The van der Waals surface area contributed by atoms with Crippen LogP contribution in [0.2, 0.25) is 0 Å². The maximum atomic E-state index is 3.61. The molecule has 21 heavy (non-hydrogen) atoms. The zero-order valence-electron chi connectivity index (χ0n) is 14.4. The van der Waals surface area contributed by atoms with Gasteiger partial charge in [0, 0.05) is 5.54 Å². The largest absolute Gasteiger partial charge is 0.312 e. The van der Waals surface area contributed by atoms with Crippen LogP contribution in [0.15, 0.2) is 36.4 Å². The fraction of sp³-hybridized carbons (Fsp3) is 0.500. The minimum Gasteiger partial charge on any atom is -0.312 e. The van der Waals surface area contributed by atoms with Crippen molar-refractivity contribution in [2.45, 2.75) is 58.9 Å². The predicted molar refractivity (Wildman–Crippen MR) is 94.1 cm³/mol. The summed E-state index contributed by atoms with van der Waals surface area (Å²) < 4.78 is 0. The number of aryl methyl sites for hydroxylation is 1. The fourth-order valence-electron chi connectivity index (χ4n) is 2.92. The highest BCUT2D eigenvalue weighted by atomic mass is 14.9. The van der Waals surface area contributed by atoms with Crippen LogP contribution in [-0.4, -0.2) is 12.1 Å². The van der Waals surface area contributed by atoms with Gasteiger partial charge >= 0.3 is 0 Å². The molecule has 0 saturated heterocycles. The van der Waals surface area contributed by atoms with E-state index in [0.717, 1.165) is 13.0 Å². The Morgan fingerprint density at radius 1 is 0.857 bits per heavy atom. The average molecular weight is 283 g/mol. The highest BCUT2D eigenvalue weighted by Gasteiger charge is 2.23. The first-order valence-electron chi connectivity index (χ1n) is 7.95. The van der Waals surface area contributed by atoms with Crippen molar-refractivity contribution in [1.82, 2.24) is 5.32 Å². The Balaban J connectivity index is 2.30. The molecule has 0 aromatic heterocycles. The normalized spacial score (nSPS) is 12.9. The quantitative estimate of drug-likeness (QED) is 0.812. The number of benzene rings is 2. The standard InChI is InChI=1S/C20H29N/c1-15-11-12-18(17-10-8-7-9-16(15)17)20(5,6)13-14-21-19(2,3)4/h7-12,21H,13-14H2,1-6H3. The molecule has 0 heterocycles. The second-order valence-electron chi connectivity index (χ2n) is 7.79. The molecule has 2 rings (SSSR count). The number of fused-ring (bicyclic) bond motifs is 1. The summed E-state index contributed by atoms with van der Waals surface area (Å²) >= 11 is 0. The van der Waals surface area contributed by atoms with E-state index in [4.69, 9.17) is 0 Å². The second kappa shape index (κ2) is 5.81. The van der Waals surface area contributed by atoms with Gasteiger partial charge in [0.15, 0.2) is 0 Å². The summed E-state index contributed by atoms with van der Waals surface area (Å²) in [4.78, 5) is 0. The Morgan fingerprint density at radius 2 is 1.48 bits per heavy atom. The third kappa shape index (κ3) is 3.85. The van der Waals surface area contributed by atoms with Crippen molar-refractivity contribution in [3.8, 4) is 0 Å². The predicted octanol–water partition coefficient (Wildman–Crippen LogP) is 5.20. The Morgan fingerprint density at radius 3 is 2.10 bits per heavy atom. The van der Waals surface area contributed by atoms with Crippen LogP contribution in [0.25, 0.3) is 10.8 Å².